The third kappa shape index (κ3) is 3.63. The Balaban J connectivity index is 1.60. The zero-order valence-electron chi connectivity index (χ0n) is 13.1. The highest BCUT2D eigenvalue weighted by molar-refractivity contribution is 5.78. The molecule has 2 fully saturated rings. The van der Waals surface area contributed by atoms with Crippen LogP contribution in [0.4, 0.5) is 5.69 Å². The number of non-ortho nitro benzene ring substituents is 1. The standard InChI is InChI=1S/C17H22N2O4/c20-17(12-23-15-8-3-7-14(11-15)19(21)22)18-10-4-6-13-5-1-2-9-16(13)18/h3,7-8,11,13,16H,1-2,4-6,9-10,12H2. The first-order valence-electron chi connectivity index (χ1n) is 8.32. The number of piperidine rings is 1. The van der Waals surface area contributed by atoms with Gasteiger partial charge in [-0.1, -0.05) is 18.9 Å². The Morgan fingerprint density at radius 3 is 2.87 bits per heavy atom. The highest BCUT2D eigenvalue weighted by Crippen LogP contribution is 2.35. The zero-order chi connectivity index (χ0) is 16.2. The van der Waals surface area contributed by atoms with Crippen molar-refractivity contribution in [2.45, 2.75) is 44.6 Å². The smallest absolute Gasteiger partial charge is 0.273 e. The number of amides is 1. The van der Waals surface area contributed by atoms with Crippen LogP contribution in [0.2, 0.25) is 0 Å². The Morgan fingerprint density at radius 2 is 2.04 bits per heavy atom. The Kier molecular flexibility index (Phi) is 4.79. The number of carbonyl (C=O) groups is 1. The van der Waals surface area contributed by atoms with Gasteiger partial charge in [0.15, 0.2) is 6.61 Å². The van der Waals surface area contributed by atoms with Gasteiger partial charge in [-0.15, -0.1) is 0 Å². The van der Waals surface area contributed by atoms with Crippen molar-refractivity contribution in [3.8, 4) is 5.75 Å². The van der Waals surface area contributed by atoms with Crippen LogP contribution in [-0.2, 0) is 4.79 Å². The van der Waals surface area contributed by atoms with E-state index in [9.17, 15) is 14.9 Å². The number of ether oxygens (including phenoxy) is 1. The second kappa shape index (κ2) is 6.98. The summed E-state index contributed by atoms with van der Waals surface area (Å²) in [6.45, 7) is 0.753. The molecule has 2 aliphatic rings. The lowest BCUT2D eigenvalue weighted by Crippen LogP contribution is -2.51. The van der Waals surface area contributed by atoms with Crippen molar-refractivity contribution in [2.75, 3.05) is 13.2 Å². The Hall–Kier alpha value is -2.11. The summed E-state index contributed by atoms with van der Waals surface area (Å²) in [7, 11) is 0. The van der Waals surface area contributed by atoms with E-state index < -0.39 is 4.92 Å². The van der Waals surface area contributed by atoms with E-state index in [4.69, 9.17) is 4.74 Å². The number of rotatable bonds is 4. The van der Waals surface area contributed by atoms with Crippen molar-refractivity contribution in [1.29, 1.82) is 0 Å². The van der Waals surface area contributed by atoms with Gasteiger partial charge in [0.1, 0.15) is 5.75 Å². The van der Waals surface area contributed by atoms with Crippen molar-refractivity contribution in [2.24, 2.45) is 5.92 Å². The molecule has 2 atom stereocenters. The average Bonchev–Trinajstić information content (AvgIpc) is 2.59. The summed E-state index contributed by atoms with van der Waals surface area (Å²) < 4.78 is 5.50. The predicted octanol–water partition coefficient (Wildman–Crippen LogP) is 3.15. The number of likely N-dealkylation sites (tertiary alicyclic amines) is 1. The Labute approximate surface area is 135 Å². The van der Waals surface area contributed by atoms with Crippen molar-refractivity contribution < 1.29 is 14.5 Å². The quantitative estimate of drug-likeness (QED) is 0.631. The summed E-state index contributed by atoms with van der Waals surface area (Å²) in [4.78, 5) is 24.8. The van der Waals surface area contributed by atoms with Crippen LogP contribution in [0.5, 0.6) is 5.75 Å². The summed E-state index contributed by atoms with van der Waals surface area (Å²) in [6, 6.07) is 6.33. The SMILES string of the molecule is O=C(COc1cccc([N+](=O)[O-])c1)N1CCCC2CCCCC21. The number of nitro groups is 1. The maximum Gasteiger partial charge on any atom is 0.273 e. The lowest BCUT2D eigenvalue weighted by atomic mass is 9.78. The number of hydrogen-bond donors (Lipinski definition) is 0. The molecule has 1 saturated carbocycles. The lowest BCUT2D eigenvalue weighted by Gasteiger charge is -2.44. The Morgan fingerprint density at radius 1 is 1.26 bits per heavy atom. The molecule has 0 radical (unpaired) electrons. The summed E-state index contributed by atoms with van der Waals surface area (Å²) in [6.07, 6.45) is 7.06. The molecule has 6 heteroatoms. The van der Waals surface area contributed by atoms with Crippen molar-refractivity contribution >= 4 is 11.6 Å². The van der Waals surface area contributed by atoms with Gasteiger partial charge in [0.25, 0.3) is 11.6 Å². The van der Waals surface area contributed by atoms with Gasteiger partial charge in [0.05, 0.1) is 11.0 Å². The predicted molar refractivity (Wildman–Crippen MR) is 85.3 cm³/mol. The molecule has 1 saturated heterocycles. The van der Waals surface area contributed by atoms with E-state index in [-0.39, 0.29) is 18.2 Å². The molecule has 1 amide bonds. The minimum atomic E-state index is -0.466. The monoisotopic (exact) mass is 318 g/mol. The Bertz CT molecular complexity index is 588. The summed E-state index contributed by atoms with van der Waals surface area (Å²) >= 11 is 0. The molecule has 0 spiro atoms. The fourth-order valence-corrected chi connectivity index (χ4v) is 3.85. The first kappa shape index (κ1) is 15.8. The van der Waals surface area contributed by atoms with Crippen molar-refractivity contribution in [3.63, 3.8) is 0 Å². The largest absolute Gasteiger partial charge is 0.484 e. The summed E-state index contributed by atoms with van der Waals surface area (Å²) in [5, 5.41) is 10.8. The fraction of sp³-hybridized carbons (Fsp3) is 0.588. The molecule has 0 aromatic heterocycles. The second-order valence-electron chi connectivity index (χ2n) is 6.38. The van der Waals surface area contributed by atoms with Crippen LogP contribution in [-0.4, -0.2) is 34.9 Å². The van der Waals surface area contributed by atoms with Gasteiger partial charge in [0.2, 0.25) is 0 Å². The number of benzene rings is 1. The van der Waals surface area contributed by atoms with E-state index in [1.165, 1.54) is 37.8 Å². The summed E-state index contributed by atoms with van der Waals surface area (Å²) in [5.41, 5.74) is -0.0275. The highest BCUT2D eigenvalue weighted by Gasteiger charge is 2.35. The van der Waals surface area contributed by atoms with E-state index in [1.54, 1.807) is 12.1 Å². The van der Waals surface area contributed by atoms with Crippen LogP contribution in [0.25, 0.3) is 0 Å². The van der Waals surface area contributed by atoms with Crippen molar-refractivity contribution in [3.05, 3.63) is 34.4 Å². The molecule has 1 aliphatic heterocycles. The molecule has 2 unspecified atom stereocenters. The summed E-state index contributed by atoms with van der Waals surface area (Å²) in [5.74, 6) is 0.997. The third-order valence-electron chi connectivity index (χ3n) is 4.95. The van der Waals surface area contributed by atoms with Gasteiger partial charge >= 0.3 is 0 Å². The maximum absolute atomic E-state index is 12.5. The molecule has 0 N–H and O–H groups in total. The van der Waals surface area contributed by atoms with E-state index in [1.807, 2.05) is 4.90 Å². The molecule has 1 aromatic rings. The van der Waals surface area contributed by atoms with E-state index in [2.05, 4.69) is 0 Å². The van der Waals surface area contributed by atoms with E-state index in [0.717, 1.165) is 19.4 Å². The van der Waals surface area contributed by atoms with E-state index in [0.29, 0.717) is 17.7 Å². The van der Waals surface area contributed by atoms with Gasteiger partial charge in [0, 0.05) is 18.7 Å². The van der Waals surface area contributed by atoms with Gasteiger partial charge in [-0.3, -0.25) is 14.9 Å². The highest BCUT2D eigenvalue weighted by atomic mass is 16.6. The van der Waals surface area contributed by atoms with Gasteiger partial charge in [-0.25, -0.2) is 0 Å². The number of carbonyl (C=O) groups excluding carboxylic acids is 1. The molecular formula is C17H22N2O4. The van der Waals surface area contributed by atoms with Crippen LogP contribution < -0.4 is 4.74 Å². The number of fused-ring (bicyclic) bond motifs is 1. The number of nitro benzene ring substituents is 1. The minimum absolute atomic E-state index is 0.00638. The van der Waals surface area contributed by atoms with Crippen LogP contribution in [0.1, 0.15) is 38.5 Å². The molecule has 124 valence electrons. The molecular weight excluding hydrogens is 296 g/mol. The molecule has 1 aromatic carbocycles. The first-order chi connectivity index (χ1) is 11.1. The number of nitrogens with zero attached hydrogens (tertiary/aromatic N) is 2. The molecule has 0 bridgehead atoms. The van der Waals surface area contributed by atoms with Crippen LogP contribution in [0, 0.1) is 16.0 Å². The average molecular weight is 318 g/mol. The molecule has 1 aliphatic carbocycles. The molecule has 3 rings (SSSR count). The second-order valence-corrected chi connectivity index (χ2v) is 6.38. The minimum Gasteiger partial charge on any atom is -0.484 e. The third-order valence-corrected chi connectivity index (χ3v) is 4.95. The van der Waals surface area contributed by atoms with Crippen LogP contribution in [0.15, 0.2) is 24.3 Å². The van der Waals surface area contributed by atoms with E-state index >= 15 is 0 Å². The fourth-order valence-electron chi connectivity index (χ4n) is 3.85. The van der Waals surface area contributed by atoms with Crippen LogP contribution >= 0.6 is 0 Å². The molecule has 1 heterocycles. The molecule has 6 nitrogen and oxygen atoms in total. The first-order valence-corrected chi connectivity index (χ1v) is 8.32. The van der Waals surface area contributed by atoms with Crippen LogP contribution in [0.3, 0.4) is 0 Å². The van der Waals surface area contributed by atoms with Gasteiger partial charge in [-0.2, -0.15) is 0 Å². The number of hydrogen-bond acceptors (Lipinski definition) is 4. The zero-order valence-corrected chi connectivity index (χ0v) is 13.1. The lowest BCUT2D eigenvalue weighted by molar-refractivity contribution is -0.384. The van der Waals surface area contributed by atoms with Crippen molar-refractivity contribution in [1.82, 2.24) is 4.90 Å². The van der Waals surface area contributed by atoms with Gasteiger partial charge in [-0.05, 0) is 37.7 Å². The molecule has 23 heavy (non-hydrogen) atoms. The normalized spacial score (nSPS) is 23.9. The maximum atomic E-state index is 12.5. The topological polar surface area (TPSA) is 72.7 Å². The van der Waals surface area contributed by atoms with Gasteiger partial charge < -0.3 is 9.64 Å².